The van der Waals surface area contributed by atoms with Gasteiger partial charge in [-0.15, -0.1) is 5.10 Å². The molecule has 0 aliphatic rings. The predicted molar refractivity (Wildman–Crippen MR) is 97.7 cm³/mol. The Bertz CT molecular complexity index is 920. The van der Waals surface area contributed by atoms with Gasteiger partial charge in [0.1, 0.15) is 0 Å². The third kappa shape index (κ3) is 4.10. The Morgan fingerprint density at radius 1 is 1.23 bits per heavy atom. The van der Waals surface area contributed by atoms with E-state index in [9.17, 15) is 5.26 Å². The molecule has 2 aromatic heterocycles. The van der Waals surface area contributed by atoms with Crippen molar-refractivity contribution in [2.75, 3.05) is 0 Å². The van der Waals surface area contributed by atoms with Crippen molar-refractivity contribution in [2.24, 2.45) is 11.7 Å². The predicted octanol–water partition coefficient (Wildman–Crippen LogP) is 2.31. The fourth-order valence-electron chi connectivity index (χ4n) is 2.71. The molecule has 0 fully saturated rings. The molecule has 0 spiro atoms. The molecule has 7 nitrogen and oxygen atoms in total. The van der Waals surface area contributed by atoms with Gasteiger partial charge in [0.25, 0.3) is 0 Å². The van der Waals surface area contributed by atoms with E-state index in [1.54, 1.807) is 23.1 Å². The lowest BCUT2D eigenvalue weighted by atomic mass is 10.0. The fraction of sp³-hybridized carbons (Fsp3) is 0.316. The number of aromatic nitrogens is 5. The van der Waals surface area contributed by atoms with Crippen LogP contribution in [0.25, 0.3) is 11.4 Å². The molecular weight excluding hydrogens is 326 g/mol. The second-order valence-electron chi connectivity index (χ2n) is 6.61. The molecule has 0 unspecified atom stereocenters. The third-order valence-corrected chi connectivity index (χ3v) is 3.95. The molecule has 0 saturated heterocycles. The maximum absolute atomic E-state index is 9.23. The van der Waals surface area contributed by atoms with Crippen LogP contribution in [0, 0.1) is 17.2 Å². The Balaban J connectivity index is 1.93. The van der Waals surface area contributed by atoms with Crippen molar-refractivity contribution in [1.82, 2.24) is 25.0 Å². The molecule has 3 rings (SSSR count). The van der Waals surface area contributed by atoms with Gasteiger partial charge >= 0.3 is 0 Å². The minimum Gasteiger partial charge on any atom is -0.326 e. The quantitative estimate of drug-likeness (QED) is 0.733. The summed E-state index contributed by atoms with van der Waals surface area (Å²) in [5.74, 6) is 1.12. The van der Waals surface area contributed by atoms with Crippen molar-refractivity contribution < 1.29 is 0 Å². The van der Waals surface area contributed by atoms with Gasteiger partial charge in [0.05, 0.1) is 23.9 Å². The molecular formula is C19H21N7. The first-order valence-corrected chi connectivity index (χ1v) is 8.52. The highest BCUT2D eigenvalue weighted by atomic mass is 15.4. The lowest BCUT2D eigenvalue weighted by Crippen LogP contribution is -2.05. The Morgan fingerprint density at radius 2 is 2.00 bits per heavy atom. The van der Waals surface area contributed by atoms with Crippen LogP contribution in [0.15, 0.2) is 36.8 Å². The van der Waals surface area contributed by atoms with Crippen molar-refractivity contribution in [3.8, 4) is 17.5 Å². The zero-order valence-corrected chi connectivity index (χ0v) is 14.9. The number of hydrogen-bond donors (Lipinski definition) is 1. The standard InChI is InChI=1S/C19H21N7/c1-13(2)5-17-12-26(25-24-17)11-16-6-14(7-20)3-4-18(16)19-22-9-15(8-21)10-23-19/h3-4,6,9-10,12-13H,5,8,11,21H2,1-2H3. The van der Waals surface area contributed by atoms with Gasteiger partial charge in [0.2, 0.25) is 0 Å². The van der Waals surface area contributed by atoms with E-state index < -0.39 is 0 Å². The highest BCUT2D eigenvalue weighted by Crippen LogP contribution is 2.22. The van der Waals surface area contributed by atoms with E-state index in [0.717, 1.165) is 28.8 Å². The SMILES string of the molecule is CC(C)Cc1cn(Cc2cc(C#N)ccc2-c2ncc(CN)cn2)nn1. The summed E-state index contributed by atoms with van der Waals surface area (Å²) in [6.45, 7) is 5.20. The molecule has 2 heterocycles. The lowest BCUT2D eigenvalue weighted by molar-refractivity contribution is 0.630. The van der Waals surface area contributed by atoms with E-state index in [4.69, 9.17) is 5.73 Å². The molecule has 7 heteroatoms. The van der Waals surface area contributed by atoms with Gasteiger partial charge in [-0.1, -0.05) is 19.1 Å². The molecule has 1 aromatic carbocycles. The molecule has 0 aliphatic carbocycles. The smallest absolute Gasteiger partial charge is 0.159 e. The van der Waals surface area contributed by atoms with Crippen molar-refractivity contribution in [2.45, 2.75) is 33.4 Å². The summed E-state index contributed by atoms with van der Waals surface area (Å²) < 4.78 is 1.78. The van der Waals surface area contributed by atoms with Crippen molar-refractivity contribution in [3.63, 3.8) is 0 Å². The van der Waals surface area contributed by atoms with Crippen LogP contribution < -0.4 is 5.73 Å². The topological polar surface area (TPSA) is 106 Å². The fourth-order valence-corrected chi connectivity index (χ4v) is 2.71. The monoisotopic (exact) mass is 347 g/mol. The molecule has 0 aliphatic heterocycles. The van der Waals surface area contributed by atoms with Crippen molar-refractivity contribution in [3.05, 3.63) is 59.2 Å². The van der Waals surface area contributed by atoms with Gasteiger partial charge in [0.15, 0.2) is 5.82 Å². The molecule has 0 bridgehead atoms. The van der Waals surface area contributed by atoms with E-state index in [0.29, 0.717) is 30.4 Å². The minimum absolute atomic E-state index is 0.401. The minimum atomic E-state index is 0.401. The van der Waals surface area contributed by atoms with Crippen LogP contribution in [0.3, 0.4) is 0 Å². The zero-order chi connectivity index (χ0) is 18.5. The van der Waals surface area contributed by atoms with E-state index >= 15 is 0 Å². The molecule has 0 amide bonds. The number of nitriles is 1. The Hall–Kier alpha value is -3.11. The van der Waals surface area contributed by atoms with Gasteiger partial charge in [-0.2, -0.15) is 5.26 Å². The first kappa shape index (κ1) is 17.7. The van der Waals surface area contributed by atoms with Crippen LogP contribution >= 0.6 is 0 Å². The summed E-state index contributed by atoms with van der Waals surface area (Å²) in [4.78, 5) is 8.81. The average molecular weight is 347 g/mol. The van der Waals surface area contributed by atoms with Gasteiger partial charge in [-0.3, -0.25) is 0 Å². The van der Waals surface area contributed by atoms with Crippen molar-refractivity contribution >= 4 is 0 Å². The van der Waals surface area contributed by atoms with Crippen molar-refractivity contribution in [1.29, 1.82) is 5.26 Å². The van der Waals surface area contributed by atoms with Crippen LogP contribution in [0.5, 0.6) is 0 Å². The normalized spacial score (nSPS) is 10.9. The van der Waals surface area contributed by atoms with Crippen LogP contribution in [-0.2, 0) is 19.5 Å². The van der Waals surface area contributed by atoms with Gasteiger partial charge < -0.3 is 5.73 Å². The molecule has 0 atom stereocenters. The summed E-state index contributed by atoms with van der Waals surface area (Å²) in [6, 6.07) is 7.67. The van der Waals surface area contributed by atoms with E-state index in [1.165, 1.54) is 0 Å². The number of nitrogens with two attached hydrogens (primary N) is 1. The van der Waals surface area contributed by atoms with E-state index in [-0.39, 0.29) is 0 Å². The summed E-state index contributed by atoms with van der Waals surface area (Å²) in [5, 5.41) is 17.7. The van der Waals surface area contributed by atoms with Gasteiger partial charge in [-0.25, -0.2) is 14.6 Å². The molecule has 0 saturated carbocycles. The largest absolute Gasteiger partial charge is 0.326 e. The summed E-state index contributed by atoms with van der Waals surface area (Å²) in [6.07, 6.45) is 6.27. The Labute approximate surface area is 152 Å². The number of hydrogen-bond acceptors (Lipinski definition) is 6. The maximum Gasteiger partial charge on any atom is 0.159 e. The van der Waals surface area contributed by atoms with Crippen LogP contribution in [-0.4, -0.2) is 25.0 Å². The Kier molecular flexibility index (Phi) is 5.34. The summed E-state index contributed by atoms with van der Waals surface area (Å²) in [7, 11) is 0. The second kappa shape index (κ2) is 7.85. The first-order valence-electron chi connectivity index (χ1n) is 8.52. The summed E-state index contributed by atoms with van der Waals surface area (Å²) >= 11 is 0. The molecule has 26 heavy (non-hydrogen) atoms. The summed E-state index contributed by atoms with van der Waals surface area (Å²) in [5.41, 5.74) is 9.82. The van der Waals surface area contributed by atoms with Crippen LogP contribution in [0.1, 0.15) is 36.2 Å². The first-order chi connectivity index (χ1) is 12.6. The van der Waals surface area contributed by atoms with E-state index in [1.807, 2.05) is 18.3 Å². The highest BCUT2D eigenvalue weighted by molar-refractivity contribution is 5.62. The van der Waals surface area contributed by atoms with E-state index in [2.05, 4.69) is 40.2 Å². The van der Waals surface area contributed by atoms with Gasteiger partial charge in [-0.05, 0) is 36.1 Å². The molecule has 3 aromatic rings. The third-order valence-electron chi connectivity index (χ3n) is 3.95. The Morgan fingerprint density at radius 3 is 2.65 bits per heavy atom. The molecule has 0 radical (unpaired) electrons. The number of nitrogens with zero attached hydrogens (tertiary/aromatic N) is 6. The second-order valence-corrected chi connectivity index (χ2v) is 6.61. The molecule has 2 N–H and O–H groups in total. The van der Waals surface area contributed by atoms with Crippen LogP contribution in [0.2, 0.25) is 0 Å². The highest BCUT2D eigenvalue weighted by Gasteiger charge is 2.12. The molecule has 132 valence electrons. The van der Waals surface area contributed by atoms with Gasteiger partial charge in [0, 0.05) is 36.3 Å². The maximum atomic E-state index is 9.23. The number of rotatable bonds is 6. The average Bonchev–Trinajstić information content (AvgIpc) is 3.08. The van der Waals surface area contributed by atoms with Crippen LogP contribution in [0.4, 0.5) is 0 Å². The lowest BCUT2D eigenvalue weighted by Gasteiger charge is -2.09. The number of benzene rings is 1. The zero-order valence-electron chi connectivity index (χ0n) is 14.9.